The highest BCUT2D eigenvalue weighted by atomic mass is 16.6. The molecular weight excluding hydrogens is 729 g/mol. The smallest absolute Gasteiger partial charge is 0.306 e. The molecule has 0 aromatic carbocycles. The highest BCUT2D eigenvalue weighted by molar-refractivity contribution is 5.70. The Kier molecular flexibility index (Phi) is 49.8. The summed E-state index contributed by atoms with van der Waals surface area (Å²) >= 11 is 0. The predicted octanol–water partition coefficient (Wildman–Crippen LogP) is 17.6. The van der Waals surface area contributed by atoms with Gasteiger partial charge in [-0.15, -0.1) is 0 Å². The Balaban J connectivity index is 3.42. The van der Waals surface area contributed by atoms with Crippen LogP contribution < -0.4 is 0 Å². The highest BCUT2D eigenvalue weighted by Gasteiger charge is 2.16. The Morgan fingerprint density at radius 1 is 0.373 bits per heavy atom. The van der Waals surface area contributed by atoms with Crippen molar-refractivity contribution >= 4 is 11.9 Å². The minimum absolute atomic E-state index is 0.0595. The van der Waals surface area contributed by atoms with Gasteiger partial charge >= 0.3 is 11.9 Å². The zero-order valence-corrected chi connectivity index (χ0v) is 40.0. The highest BCUT2D eigenvalue weighted by Crippen LogP contribution is 2.17. The van der Waals surface area contributed by atoms with Crippen LogP contribution in [0.25, 0.3) is 0 Å². The fraction of sp³-hybridized carbons (Fsp3) is 0.926. The molecule has 5 heteroatoms. The Morgan fingerprint density at radius 2 is 0.627 bits per heavy atom. The molecule has 0 amide bonds. The van der Waals surface area contributed by atoms with Crippen LogP contribution >= 0.6 is 0 Å². The summed E-state index contributed by atoms with van der Waals surface area (Å²) in [5.41, 5.74) is 0. The molecule has 1 unspecified atom stereocenters. The van der Waals surface area contributed by atoms with Gasteiger partial charge in [0.25, 0.3) is 0 Å². The molecule has 0 spiro atoms. The lowest BCUT2D eigenvalue weighted by Gasteiger charge is -2.15. The molecular formula is C54H104O5. The van der Waals surface area contributed by atoms with Crippen molar-refractivity contribution < 1.29 is 24.2 Å². The van der Waals surface area contributed by atoms with Gasteiger partial charge in [-0.3, -0.25) is 9.59 Å². The molecule has 0 heterocycles. The lowest BCUT2D eigenvalue weighted by atomic mass is 10.0. The number of esters is 2. The maximum absolute atomic E-state index is 12.3. The standard InChI is InChI=1S/C54H104O5/c1-3-5-7-9-11-13-15-17-19-21-23-24-25-26-27-28-29-31-32-34-36-38-40-42-44-46-48-53(56)58-51-52(50-55)59-54(57)49-47-45-43-41-39-37-35-33-30-22-20-18-16-14-12-10-8-6-4-2/h18,20,52,55H,3-17,19,21-51H2,1-2H3/b20-18-. The first-order valence-corrected chi connectivity index (χ1v) is 26.7. The van der Waals surface area contributed by atoms with E-state index < -0.39 is 6.10 Å². The number of hydrogen-bond acceptors (Lipinski definition) is 5. The first-order valence-electron chi connectivity index (χ1n) is 26.7. The van der Waals surface area contributed by atoms with Crippen molar-refractivity contribution in [2.24, 2.45) is 0 Å². The van der Waals surface area contributed by atoms with E-state index in [9.17, 15) is 14.7 Å². The van der Waals surface area contributed by atoms with E-state index in [0.717, 1.165) is 32.1 Å². The van der Waals surface area contributed by atoms with Crippen molar-refractivity contribution in [1.29, 1.82) is 0 Å². The molecule has 0 bridgehead atoms. The van der Waals surface area contributed by atoms with Crippen LogP contribution in [0.2, 0.25) is 0 Å². The number of aliphatic hydroxyl groups excluding tert-OH is 1. The monoisotopic (exact) mass is 833 g/mol. The third-order valence-corrected chi connectivity index (χ3v) is 12.3. The van der Waals surface area contributed by atoms with E-state index in [1.807, 2.05) is 0 Å². The first kappa shape index (κ1) is 57.6. The second kappa shape index (κ2) is 51.0. The molecule has 1 N–H and O–H groups in total. The zero-order chi connectivity index (χ0) is 42.8. The lowest BCUT2D eigenvalue weighted by molar-refractivity contribution is -0.161. The van der Waals surface area contributed by atoms with Crippen LogP contribution in [0.4, 0.5) is 0 Å². The number of unbranched alkanes of at least 4 members (excludes halogenated alkanes) is 40. The number of carbonyl (C=O) groups is 2. The molecule has 0 aliphatic carbocycles. The summed E-state index contributed by atoms with van der Waals surface area (Å²) in [5, 5.41) is 9.63. The van der Waals surface area contributed by atoms with E-state index >= 15 is 0 Å². The summed E-state index contributed by atoms with van der Waals surface area (Å²) in [7, 11) is 0. The van der Waals surface area contributed by atoms with E-state index in [2.05, 4.69) is 26.0 Å². The molecule has 1 atom stereocenters. The number of ether oxygens (including phenoxy) is 2. The molecule has 59 heavy (non-hydrogen) atoms. The minimum Gasteiger partial charge on any atom is -0.462 e. The van der Waals surface area contributed by atoms with Crippen LogP contribution in [-0.2, 0) is 19.1 Å². The fourth-order valence-electron chi connectivity index (χ4n) is 8.26. The van der Waals surface area contributed by atoms with Gasteiger partial charge in [0, 0.05) is 12.8 Å². The lowest BCUT2D eigenvalue weighted by Crippen LogP contribution is -2.28. The molecule has 0 aliphatic rings. The van der Waals surface area contributed by atoms with Crippen molar-refractivity contribution in [1.82, 2.24) is 0 Å². The van der Waals surface area contributed by atoms with Gasteiger partial charge in [0.2, 0.25) is 0 Å². The summed E-state index contributed by atoms with van der Waals surface area (Å²) in [6.07, 6.45) is 61.8. The number of hydrogen-bond donors (Lipinski definition) is 1. The quantitative estimate of drug-likeness (QED) is 0.0375. The number of carbonyl (C=O) groups excluding carboxylic acids is 2. The Hall–Kier alpha value is -1.36. The molecule has 0 radical (unpaired) electrons. The molecule has 0 rings (SSSR count). The molecule has 0 saturated heterocycles. The number of rotatable bonds is 50. The van der Waals surface area contributed by atoms with Crippen LogP contribution in [0.1, 0.15) is 303 Å². The summed E-state index contributed by atoms with van der Waals surface area (Å²) in [6, 6.07) is 0. The van der Waals surface area contributed by atoms with E-state index in [0.29, 0.717) is 12.8 Å². The van der Waals surface area contributed by atoms with Crippen LogP contribution in [0.15, 0.2) is 12.2 Å². The van der Waals surface area contributed by atoms with E-state index in [1.165, 1.54) is 244 Å². The van der Waals surface area contributed by atoms with Crippen LogP contribution in [-0.4, -0.2) is 36.4 Å². The maximum atomic E-state index is 12.3. The van der Waals surface area contributed by atoms with Gasteiger partial charge in [-0.05, 0) is 38.5 Å². The van der Waals surface area contributed by atoms with Gasteiger partial charge in [0.1, 0.15) is 6.61 Å². The number of allylic oxidation sites excluding steroid dienone is 2. The second-order valence-corrected chi connectivity index (χ2v) is 18.3. The second-order valence-electron chi connectivity index (χ2n) is 18.3. The fourth-order valence-corrected chi connectivity index (χ4v) is 8.26. The molecule has 0 aromatic heterocycles. The Labute approximate surface area is 369 Å². The largest absolute Gasteiger partial charge is 0.462 e. The van der Waals surface area contributed by atoms with Crippen molar-refractivity contribution in [2.45, 2.75) is 309 Å². The molecule has 5 nitrogen and oxygen atoms in total. The molecule has 350 valence electrons. The zero-order valence-electron chi connectivity index (χ0n) is 40.0. The summed E-state index contributed by atoms with van der Waals surface area (Å²) in [6.45, 7) is 4.19. The minimum atomic E-state index is -0.767. The van der Waals surface area contributed by atoms with Crippen LogP contribution in [0.3, 0.4) is 0 Å². The van der Waals surface area contributed by atoms with Gasteiger partial charge in [-0.2, -0.15) is 0 Å². The average molecular weight is 833 g/mol. The molecule has 0 aromatic rings. The van der Waals surface area contributed by atoms with Crippen molar-refractivity contribution in [3.63, 3.8) is 0 Å². The van der Waals surface area contributed by atoms with E-state index in [4.69, 9.17) is 9.47 Å². The normalized spacial score (nSPS) is 12.1. The maximum Gasteiger partial charge on any atom is 0.306 e. The van der Waals surface area contributed by atoms with Gasteiger partial charge in [0.05, 0.1) is 6.61 Å². The summed E-state index contributed by atoms with van der Waals surface area (Å²) < 4.78 is 10.7. The van der Waals surface area contributed by atoms with Gasteiger partial charge in [-0.1, -0.05) is 264 Å². The summed E-state index contributed by atoms with van der Waals surface area (Å²) in [4.78, 5) is 24.5. The molecule has 0 aliphatic heterocycles. The van der Waals surface area contributed by atoms with Gasteiger partial charge < -0.3 is 14.6 Å². The average Bonchev–Trinajstić information content (AvgIpc) is 3.24. The van der Waals surface area contributed by atoms with Gasteiger partial charge in [-0.25, -0.2) is 0 Å². The third-order valence-electron chi connectivity index (χ3n) is 12.3. The third kappa shape index (κ3) is 49.2. The van der Waals surface area contributed by atoms with Gasteiger partial charge in [0.15, 0.2) is 6.10 Å². The molecule has 0 fully saturated rings. The Bertz CT molecular complexity index is 856. The summed E-state index contributed by atoms with van der Waals surface area (Å²) in [5.74, 6) is -0.573. The van der Waals surface area contributed by atoms with Crippen molar-refractivity contribution in [2.75, 3.05) is 13.2 Å². The number of aliphatic hydroxyl groups is 1. The Morgan fingerprint density at radius 3 is 0.915 bits per heavy atom. The topological polar surface area (TPSA) is 72.8 Å². The van der Waals surface area contributed by atoms with E-state index in [-0.39, 0.29) is 25.2 Å². The molecule has 0 saturated carbocycles. The van der Waals surface area contributed by atoms with Crippen molar-refractivity contribution in [3.8, 4) is 0 Å². The van der Waals surface area contributed by atoms with Crippen LogP contribution in [0.5, 0.6) is 0 Å². The predicted molar refractivity (Wildman–Crippen MR) is 256 cm³/mol. The van der Waals surface area contributed by atoms with Crippen molar-refractivity contribution in [3.05, 3.63) is 12.2 Å². The van der Waals surface area contributed by atoms with E-state index in [1.54, 1.807) is 0 Å². The van der Waals surface area contributed by atoms with Crippen LogP contribution in [0, 0.1) is 0 Å². The SMILES string of the molecule is CCCCCCCC/C=C\CCCCCCCCCCCC(=O)OC(CO)COC(=O)CCCCCCCCCCCCCCCCCCCCCCCCCCCC. The first-order chi connectivity index (χ1) is 29.1.